The number of alkyl carbamates (subject to hydrolysis) is 1. The van der Waals surface area contributed by atoms with E-state index in [0.717, 1.165) is 35.1 Å². The molecule has 0 aromatic heterocycles. The third-order valence-corrected chi connectivity index (χ3v) is 8.86. The number of benzene rings is 2. The highest BCUT2D eigenvalue weighted by Gasteiger charge is 2.36. The van der Waals surface area contributed by atoms with E-state index >= 15 is 0 Å². The SMILES string of the molecule is O=C(O)CCC(NC(=O)OCC1c2ccccc2-c2ccccc21)C(=O)NC1CC2CCC(C1)S2. The molecule has 8 heteroatoms. The Kier molecular flexibility index (Phi) is 7.00. The summed E-state index contributed by atoms with van der Waals surface area (Å²) in [4.78, 5) is 36.9. The quantitative estimate of drug-likeness (QED) is 0.505. The van der Waals surface area contributed by atoms with Gasteiger partial charge in [-0.3, -0.25) is 9.59 Å². The topological polar surface area (TPSA) is 105 Å². The van der Waals surface area contributed by atoms with Crippen LogP contribution in [0.4, 0.5) is 4.79 Å². The zero-order valence-electron chi connectivity index (χ0n) is 19.4. The first-order valence-corrected chi connectivity index (χ1v) is 13.2. The number of fused-ring (bicyclic) bond motifs is 5. The van der Waals surface area contributed by atoms with Crippen molar-refractivity contribution in [2.45, 2.75) is 67.0 Å². The fourth-order valence-electron chi connectivity index (χ4n) is 5.60. The highest BCUT2D eigenvalue weighted by Crippen LogP contribution is 2.45. The Hall–Kier alpha value is -3.00. The maximum absolute atomic E-state index is 13.0. The monoisotopic (exact) mass is 494 g/mol. The molecule has 2 bridgehead atoms. The highest BCUT2D eigenvalue weighted by atomic mass is 32.2. The number of carbonyl (C=O) groups is 3. The Morgan fingerprint density at radius 2 is 1.57 bits per heavy atom. The van der Waals surface area contributed by atoms with Crippen LogP contribution in [0.15, 0.2) is 48.5 Å². The standard InChI is InChI=1S/C27H30N2O5S/c30-25(31)12-11-24(26(32)28-16-13-17-9-10-18(14-16)35-17)29-27(33)34-15-23-21-7-3-1-5-19(21)20-6-2-4-8-22(20)23/h1-8,16-18,23-24H,9-15H2,(H,28,32)(H,29,33)(H,30,31). The molecule has 3 aliphatic rings. The van der Waals surface area contributed by atoms with Crippen LogP contribution < -0.4 is 10.6 Å². The van der Waals surface area contributed by atoms with Gasteiger partial charge in [0, 0.05) is 28.9 Å². The average molecular weight is 495 g/mol. The minimum atomic E-state index is -1.01. The second-order valence-electron chi connectivity index (χ2n) is 9.59. The van der Waals surface area contributed by atoms with Gasteiger partial charge in [-0.1, -0.05) is 48.5 Å². The molecule has 2 amide bonds. The van der Waals surface area contributed by atoms with Gasteiger partial charge in [0.25, 0.3) is 0 Å². The second kappa shape index (κ2) is 10.3. The van der Waals surface area contributed by atoms with Crippen molar-refractivity contribution in [2.24, 2.45) is 0 Å². The molecule has 0 spiro atoms. The molecule has 35 heavy (non-hydrogen) atoms. The van der Waals surface area contributed by atoms with Crippen molar-refractivity contribution in [2.75, 3.05) is 6.61 Å². The Morgan fingerprint density at radius 1 is 0.971 bits per heavy atom. The van der Waals surface area contributed by atoms with Crippen LogP contribution in [0, 0.1) is 0 Å². The van der Waals surface area contributed by atoms with E-state index in [4.69, 9.17) is 9.84 Å². The normalized spacial score (nSPS) is 23.1. The summed E-state index contributed by atoms with van der Waals surface area (Å²) in [5.74, 6) is -1.44. The predicted octanol–water partition coefficient (Wildman–Crippen LogP) is 4.30. The van der Waals surface area contributed by atoms with Gasteiger partial charge >= 0.3 is 12.1 Å². The number of thioether (sulfide) groups is 1. The summed E-state index contributed by atoms with van der Waals surface area (Å²) >= 11 is 2.01. The van der Waals surface area contributed by atoms with Gasteiger partial charge in [0.15, 0.2) is 0 Å². The molecule has 3 N–H and O–H groups in total. The molecule has 1 aliphatic carbocycles. The van der Waals surface area contributed by atoms with Crippen LogP contribution in [0.25, 0.3) is 11.1 Å². The van der Waals surface area contributed by atoms with Crippen molar-refractivity contribution in [3.8, 4) is 11.1 Å². The first-order chi connectivity index (χ1) is 17.0. The summed E-state index contributed by atoms with van der Waals surface area (Å²) in [7, 11) is 0. The molecule has 3 atom stereocenters. The van der Waals surface area contributed by atoms with Crippen molar-refractivity contribution < 1.29 is 24.2 Å². The molecule has 184 valence electrons. The van der Waals surface area contributed by atoms with Crippen molar-refractivity contribution >= 4 is 29.7 Å². The first-order valence-electron chi connectivity index (χ1n) is 12.3. The number of carbonyl (C=O) groups excluding carboxylic acids is 2. The van der Waals surface area contributed by atoms with Gasteiger partial charge in [-0.05, 0) is 54.4 Å². The lowest BCUT2D eigenvalue weighted by atomic mass is 9.98. The van der Waals surface area contributed by atoms with Crippen LogP contribution >= 0.6 is 11.8 Å². The fourth-order valence-corrected chi connectivity index (χ4v) is 7.37. The van der Waals surface area contributed by atoms with E-state index in [1.165, 1.54) is 12.8 Å². The van der Waals surface area contributed by atoms with Crippen LogP contribution in [-0.2, 0) is 14.3 Å². The summed E-state index contributed by atoms with van der Waals surface area (Å²) in [5, 5.41) is 16.0. The van der Waals surface area contributed by atoms with E-state index in [1.807, 2.05) is 48.2 Å². The minimum Gasteiger partial charge on any atom is -0.481 e. The molecule has 2 aromatic rings. The van der Waals surface area contributed by atoms with Gasteiger partial charge in [-0.25, -0.2) is 4.79 Å². The van der Waals surface area contributed by atoms with Crippen LogP contribution in [0.1, 0.15) is 55.6 Å². The summed E-state index contributed by atoms with van der Waals surface area (Å²) in [6.07, 6.45) is 3.29. The number of carboxylic acid groups (broad SMARTS) is 1. The third kappa shape index (κ3) is 5.32. The Morgan fingerprint density at radius 3 is 2.17 bits per heavy atom. The van der Waals surface area contributed by atoms with Gasteiger partial charge < -0.3 is 20.5 Å². The summed E-state index contributed by atoms with van der Waals surface area (Å²) in [6, 6.07) is 15.3. The number of amides is 2. The van der Waals surface area contributed by atoms with Crippen molar-refractivity contribution in [3.05, 3.63) is 59.7 Å². The van der Waals surface area contributed by atoms with Crippen LogP contribution in [-0.4, -0.2) is 52.3 Å². The van der Waals surface area contributed by atoms with Gasteiger partial charge in [-0.15, -0.1) is 0 Å². The fraction of sp³-hybridized carbons (Fsp3) is 0.444. The molecule has 0 saturated carbocycles. The van der Waals surface area contributed by atoms with E-state index in [2.05, 4.69) is 22.8 Å². The van der Waals surface area contributed by atoms with E-state index < -0.39 is 18.1 Å². The third-order valence-electron chi connectivity index (χ3n) is 7.24. The second-order valence-corrected chi connectivity index (χ2v) is 11.2. The molecular weight excluding hydrogens is 464 g/mol. The maximum atomic E-state index is 13.0. The molecule has 0 radical (unpaired) electrons. The molecule has 2 aliphatic heterocycles. The number of nitrogens with one attached hydrogen (secondary N) is 2. The van der Waals surface area contributed by atoms with Crippen LogP contribution in [0.3, 0.4) is 0 Å². The number of carboxylic acids is 1. The lowest BCUT2D eigenvalue weighted by Crippen LogP contribution is -2.51. The number of hydrogen-bond donors (Lipinski definition) is 3. The summed E-state index contributed by atoms with van der Waals surface area (Å²) in [5.41, 5.74) is 4.48. The van der Waals surface area contributed by atoms with Gasteiger partial charge in [0.2, 0.25) is 5.91 Å². The Labute approximate surface area is 209 Å². The lowest BCUT2D eigenvalue weighted by molar-refractivity contribution is -0.137. The molecular formula is C27H30N2O5S. The van der Waals surface area contributed by atoms with Crippen molar-refractivity contribution in [1.82, 2.24) is 10.6 Å². The lowest BCUT2D eigenvalue weighted by Gasteiger charge is -2.29. The first kappa shape index (κ1) is 23.7. The van der Waals surface area contributed by atoms with Gasteiger partial charge in [0.1, 0.15) is 12.6 Å². The zero-order chi connectivity index (χ0) is 24.4. The van der Waals surface area contributed by atoms with Gasteiger partial charge in [-0.2, -0.15) is 11.8 Å². The largest absolute Gasteiger partial charge is 0.481 e. The molecule has 3 unspecified atom stereocenters. The number of hydrogen-bond acceptors (Lipinski definition) is 5. The van der Waals surface area contributed by atoms with E-state index in [-0.39, 0.29) is 37.3 Å². The number of ether oxygens (including phenoxy) is 1. The van der Waals surface area contributed by atoms with E-state index in [1.54, 1.807) is 0 Å². The average Bonchev–Trinajstić information content (AvgIpc) is 3.36. The molecule has 5 rings (SSSR count). The molecule has 2 aromatic carbocycles. The summed E-state index contributed by atoms with van der Waals surface area (Å²) < 4.78 is 5.58. The van der Waals surface area contributed by atoms with Gasteiger partial charge in [0.05, 0.1) is 0 Å². The smallest absolute Gasteiger partial charge is 0.407 e. The van der Waals surface area contributed by atoms with Crippen molar-refractivity contribution in [1.29, 1.82) is 0 Å². The van der Waals surface area contributed by atoms with E-state index in [0.29, 0.717) is 10.5 Å². The summed E-state index contributed by atoms with van der Waals surface area (Å²) in [6.45, 7) is 0.135. The van der Waals surface area contributed by atoms with E-state index in [9.17, 15) is 14.4 Å². The molecule has 2 saturated heterocycles. The van der Waals surface area contributed by atoms with Crippen molar-refractivity contribution in [3.63, 3.8) is 0 Å². The van der Waals surface area contributed by atoms with Crippen LogP contribution in [0.5, 0.6) is 0 Å². The predicted molar refractivity (Wildman–Crippen MR) is 134 cm³/mol. The molecule has 2 fully saturated rings. The molecule has 2 heterocycles. The van der Waals surface area contributed by atoms with Crippen LogP contribution in [0.2, 0.25) is 0 Å². The minimum absolute atomic E-state index is 0.0136. The molecule has 7 nitrogen and oxygen atoms in total. The number of rotatable bonds is 8. The number of aliphatic carboxylic acids is 1. The highest BCUT2D eigenvalue weighted by molar-refractivity contribution is 8.00. The Bertz CT molecular complexity index is 1060. The zero-order valence-corrected chi connectivity index (χ0v) is 20.3. The maximum Gasteiger partial charge on any atom is 0.407 e. The Balaban J connectivity index is 1.21.